The van der Waals surface area contributed by atoms with Crippen molar-refractivity contribution in [1.29, 1.82) is 0 Å². The van der Waals surface area contributed by atoms with Gasteiger partial charge in [0, 0.05) is 0 Å². The Kier molecular flexibility index (Phi) is 5.53. The van der Waals surface area contributed by atoms with E-state index in [4.69, 9.17) is 4.74 Å². The number of sulfonamides is 1. The van der Waals surface area contributed by atoms with Crippen LogP contribution in [0.25, 0.3) is 10.9 Å². The van der Waals surface area contributed by atoms with Crippen LogP contribution in [0.4, 0.5) is 18.9 Å². The molecule has 0 aliphatic rings. The summed E-state index contributed by atoms with van der Waals surface area (Å²) in [5.74, 6) is -1.10. The van der Waals surface area contributed by atoms with Gasteiger partial charge >= 0.3 is 12.1 Å². The molecule has 0 fully saturated rings. The Hall–Kier alpha value is -3.41. The zero-order valence-corrected chi connectivity index (χ0v) is 16.1. The smallest absolute Gasteiger partial charge is 0.416 e. The molecular weight excluding hydrogens is 427 g/mol. The van der Waals surface area contributed by atoms with Crippen LogP contribution in [-0.4, -0.2) is 30.6 Å². The number of ether oxygens (including phenoxy) is 1. The van der Waals surface area contributed by atoms with Gasteiger partial charge in [-0.2, -0.15) is 13.2 Å². The maximum absolute atomic E-state index is 12.9. The number of hydrogen-bond acceptors (Lipinski definition) is 6. The van der Waals surface area contributed by atoms with Crippen molar-refractivity contribution >= 4 is 32.6 Å². The van der Waals surface area contributed by atoms with E-state index in [0.717, 1.165) is 24.5 Å². The summed E-state index contributed by atoms with van der Waals surface area (Å²) in [5, 5.41) is -0.0548. The maximum atomic E-state index is 12.9. The zero-order chi connectivity index (χ0) is 22.1. The number of benzene rings is 2. The average Bonchev–Trinajstić information content (AvgIpc) is 2.64. The summed E-state index contributed by atoms with van der Waals surface area (Å²) >= 11 is 0. The fraction of sp³-hybridized carbons (Fsp3) is 0.167. The first-order valence-corrected chi connectivity index (χ1v) is 10.2. The Bertz CT molecular complexity index is 1290. The summed E-state index contributed by atoms with van der Waals surface area (Å²) in [6.07, 6.45) is -3.70. The van der Waals surface area contributed by atoms with Crippen LogP contribution in [-0.2, 0) is 27.5 Å². The first-order valence-electron chi connectivity index (χ1n) is 8.28. The number of halogens is 3. The molecule has 0 bridgehead atoms. The summed E-state index contributed by atoms with van der Waals surface area (Å²) < 4.78 is 68.7. The molecule has 0 saturated carbocycles. The number of hydrogen-bond donors (Lipinski definition) is 2. The molecule has 3 rings (SSSR count). The van der Waals surface area contributed by atoms with Crippen molar-refractivity contribution < 1.29 is 31.1 Å². The second kappa shape index (κ2) is 7.78. The molecule has 0 unspecified atom stereocenters. The molecule has 12 heteroatoms. The van der Waals surface area contributed by atoms with Gasteiger partial charge in [-0.05, 0) is 30.3 Å². The van der Waals surface area contributed by atoms with Crippen LogP contribution in [0.2, 0.25) is 0 Å². The largest absolute Gasteiger partial charge is 0.454 e. The Morgan fingerprint density at radius 3 is 2.57 bits per heavy atom. The Labute approximate surface area is 167 Å². The SMILES string of the molecule is CS(=O)(=O)Nc1ccccc1C(=O)OCc1nc2cc(C(F)(F)F)ccc2c(=O)[nH]1. The molecule has 2 N–H and O–H groups in total. The lowest BCUT2D eigenvalue weighted by atomic mass is 10.1. The number of nitrogens with one attached hydrogen (secondary N) is 2. The van der Waals surface area contributed by atoms with Crippen molar-refractivity contribution in [3.8, 4) is 0 Å². The van der Waals surface area contributed by atoms with E-state index in [1.54, 1.807) is 0 Å². The molecule has 30 heavy (non-hydrogen) atoms. The van der Waals surface area contributed by atoms with Gasteiger partial charge in [0.25, 0.3) is 5.56 Å². The van der Waals surface area contributed by atoms with E-state index in [9.17, 15) is 31.2 Å². The van der Waals surface area contributed by atoms with Crippen LogP contribution in [0.5, 0.6) is 0 Å². The summed E-state index contributed by atoms with van der Waals surface area (Å²) in [5.41, 5.74) is -1.99. The van der Waals surface area contributed by atoms with Crippen LogP contribution in [0.1, 0.15) is 21.7 Å². The van der Waals surface area contributed by atoms with E-state index in [-0.39, 0.29) is 28.0 Å². The van der Waals surface area contributed by atoms with Gasteiger partial charge in [0.05, 0.1) is 34.0 Å². The molecule has 0 aliphatic heterocycles. The van der Waals surface area contributed by atoms with Crippen molar-refractivity contribution in [2.75, 3.05) is 11.0 Å². The first-order chi connectivity index (χ1) is 13.9. The van der Waals surface area contributed by atoms with Crippen LogP contribution >= 0.6 is 0 Å². The van der Waals surface area contributed by atoms with E-state index < -0.39 is 39.9 Å². The third kappa shape index (κ3) is 4.95. The molecule has 0 spiro atoms. The number of esters is 1. The second-order valence-electron chi connectivity index (χ2n) is 6.24. The molecule has 3 aromatic rings. The van der Waals surface area contributed by atoms with E-state index in [1.807, 2.05) is 0 Å². The van der Waals surface area contributed by atoms with E-state index in [0.29, 0.717) is 0 Å². The van der Waals surface area contributed by atoms with Crippen molar-refractivity contribution in [3.05, 3.63) is 69.8 Å². The fourth-order valence-electron chi connectivity index (χ4n) is 2.59. The molecule has 0 aliphatic carbocycles. The predicted molar refractivity (Wildman–Crippen MR) is 101 cm³/mol. The summed E-state index contributed by atoms with van der Waals surface area (Å²) in [4.78, 5) is 30.7. The van der Waals surface area contributed by atoms with Gasteiger partial charge in [-0.15, -0.1) is 0 Å². The lowest BCUT2D eigenvalue weighted by Gasteiger charge is -2.11. The van der Waals surface area contributed by atoms with Gasteiger partial charge in [-0.25, -0.2) is 18.2 Å². The van der Waals surface area contributed by atoms with Gasteiger partial charge in [0.1, 0.15) is 12.4 Å². The van der Waals surface area contributed by atoms with Crippen molar-refractivity contribution in [3.63, 3.8) is 0 Å². The van der Waals surface area contributed by atoms with Gasteiger partial charge < -0.3 is 9.72 Å². The number of alkyl halides is 3. The molecule has 0 saturated heterocycles. The number of para-hydroxylation sites is 1. The van der Waals surface area contributed by atoms with Crippen LogP contribution in [0, 0.1) is 0 Å². The second-order valence-corrected chi connectivity index (χ2v) is 7.99. The number of nitrogens with zero attached hydrogens (tertiary/aromatic N) is 1. The normalized spacial score (nSPS) is 12.0. The van der Waals surface area contributed by atoms with Gasteiger partial charge in [-0.3, -0.25) is 9.52 Å². The highest BCUT2D eigenvalue weighted by molar-refractivity contribution is 7.92. The van der Waals surface area contributed by atoms with Gasteiger partial charge in [0.15, 0.2) is 0 Å². The average molecular weight is 441 g/mol. The molecular formula is C18H14F3N3O5S. The minimum absolute atomic E-state index is 0.0141. The minimum atomic E-state index is -4.61. The Morgan fingerprint density at radius 2 is 1.90 bits per heavy atom. The monoisotopic (exact) mass is 441 g/mol. The number of fused-ring (bicyclic) bond motifs is 1. The summed E-state index contributed by atoms with van der Waals surface area (Å²) in [6, 6.07) is 8.16. The molecule has 1 aromatic heterocycles. The number of anilines is 1. The zero-order valence-electron chi connectivity index (χ0n) is 15.3. The fourth-order valence-corrected chi connectivity index (χ4v) is 3.17. The van der Waals surface area contributed by atoms with Gasteiger partial charge in [-0.1, -0.05) is 12.1 Å². The van der Waals surface area contributed by atoms with Crippen molar-refractivity contribution in [1.82, 2.24) is 9.97 Å². The lowest BCUT2D eigenvalue weighted by Crippen LogP contribution is -2.17. The molecule has 0 radical (unpaired) electrons. The maximum Gasteiger partial charge on any atom is 0.416 e. The lowest BCUT2D eigenvalue weighted by molar-refractivity contribution is -0.137. The highest BCUT2D eigenvalue weighted by Crippen LogP contribution is 2.30. The number of carbonyl (C=O) groups is 1. The molecule has 2 aromatic carbocycles. The Morgan fingerprint density at radius 1 is 1.20 bits per heavy atom. The van der Waals surface area contributed by atoms with E-state index >= 15 is 0 Å². The number of H-pyrrole nitrogens is 1. The molecule has 158 valence electrons. The Balaban J connectivity index is 1.86. The summed E-state index contributed by atoms with van der Waals surface area (Å²) in [6.45, 7) is -0.548. The molecule has 0 atom stereocenters. The highest BCUT2D eigenvalue weighted by Gasteiger charge is 2.30. The first kappa shape index (κ1) is 21.3. The third-order valence-corrected chi connectivity index (χ3v) is 4.46. The number of rotatable bonds is 5. The molecule has 1 heterocycles. The van der Waals surface area contributed by atoms with Crippen molar-refractivity contribution in [2.45, 2.75) is 12.8 Å². The van der Waals surface area contributed by atoms with Crippen molar-refractivity contribution in [2.24, 2.45) is 0 Å². The quantitative estimate of drug-likeness (QED) is 0.588. The van der Waals surface area contributed by atoms with E-state index in [1.165, 1.54) is 24.3 Å². The van der Waals surface area contributed by atoms with Gasteiger partial charge in [0.2, 0.25) is 10.0 Å². The third-order valence-electron chi connectivity index (χ3n) is 3.87. The number of aromatic amines is 1. The van der Waals surface area contributed by atoms with Crippen LogP contribution in [0.3, 0.4) is 0 Å². The predicted octanol–water partition coefficient (Wildman–Crippen LogP) is 2.67. The summed E-state index contributed by atoms with van der Waals surface area (Å²) in [7, 11) is -3.66. The minimum Gasteiger partial charge on any atom is -0.454 e. The topological polar surface area (TPSA) is 118 Å². The highest BCUT2D eigenvalue weighted by atomic mass is 32.2. The number of aromatic nitrogens is 2. The van der Waals surface area contributed by atoms with Crippen LogP contribution in [0.15, 0.2) is 47.3 Å². The molecule has 8 nitrogen and oxygen atoms in total. The van der Waals surface area contributed by atoms with Crippen LogP contribution < -0.4 is 10.3 Å². The molecule has 0 amide bonds. The standard InChI is InChI=1S/C18H14F3N3O5S/c1-30(27,28)24-13-5-3-2-4-12(13)17(26)29-9-15-22-14-8-10(18(19,20)21)6-7-11(14)16(25)23-15/h2-8,24H,9H2,1H3,(H,22,23,25). The number of carbonyl (C=O) groups excluding carboxylic acids is 1. The van der Waals surface area contributed by atoms with E-state index in [2.05, 4.69) is 14.7 Å².